The average Bonchev–Trinajstić information content (AvgIpc) is 0.778. The molecule has 0 unspecified atom stereocenters. The SMILES string of the molecule is CC(=O)OC[C@H]1O[C@@H](OC[C@H]2O[C@@H](OC[C@H]3O[C@@H](OC[C@H]4O[C@@H](OC[C@H]5O[C@@H](OC[C@H]6O[C@@H](O)[C@H](OC(C)=O)[C@@H](OC(C)=O)[C@@H]6OC(C)=O)[C@H](OC(C)=O)[C@@H](OC(C)=O)[C@@H]5OC(C)=O)[C@H](OC(C)=O)[C@@H](OC(C)=O)[C@@H]4OC(C)=O)[C@H](OC(C)=O)[C@@H](OC(C)=O)[C@@H]3OC(C)=O)[C@H](OC(C)=O)[C@@H](OC(C)=O)[C@@H]2OC(C)=O)[C@H](OC(C)=O)[C@@H](OC(C)=O)[C@@H]1OC(C)=O. The van der Waals surface area contributed by atoms with Gasteiger partial charge in [-0.05, 0) is 0 Å². The van der Waals surface area contributed by atoms with Crippen LogP contribution in [0.2, 0.25) is 0 Å². The van der Waals surface area contributed by atoms with Crippen LogP contribution in [-0.2, 0) is 233 Å². The molecule has 0 bridgehead atoms. The second-order valence-corrected chi connectivity index (χ2v) is 28.1. The van der Waals surface area contributed by atoms with Gasteiger partial charge in [-0.3, -0.25) is 91.1 Å². The highest BCUT2D eigenvalue weighted by atomic mass is 16.8. The highest BCUT2D eigenvalue weighted by Gasteiger charge is 2.62. The molecule has 0 spiro atoms. The van der Waals surface area contributed by atoms with Gasteiger partial charge in [-0.15, -0.1) is 0 Å². The van der Waals surface area contributed by atoms with Crippen LogP contribution in [0.15, 0.2) is 0 Å². The van der Waals surface area contributed by atoms with E-state index < -0.39 is 337 Å². The van der Waals surface area contributed by atoms with Crippen molar-refractivity contribution in [1.29, 1.82) is 0 Å². The Morgan fingerprint density at radius 1 is 0.169 bits per heavy atom. The Balaban J connectivity index is 1.45. The monoisotopic (exact) mass is 1790 g/mol. The van der Waals surface area contributed by atoms with Crippen molar-refractivity contribution in [3.63, 3.8) is 0 Å². The quantitative estimate of drug-likeness (QED) is 0.0481. The van der Waals surface area contributed by atoms with Gasteiger partial charge in [-0.2, -0.15) is 0 Å². The molecule has 0 aromatic carbocycles. The third kappa shape index (κ3) is 30.4. The number of hydrogen-bond acceptors (Lipinski definition) is 50. The largest absolute Gasteiger partial charge is 0.463 e. The van der Waals surface area contributed by atoms with E-state index in [0.717, 1.165) is 132 Å². The Hall–Kier alpha value is -10.6. The van der Waals surface area contributed by atoms with Crippen molar-refractivity contribution in [2.75, 3.05) is 39.6 Å². The van der Waals surface area contributed by atoms with E-state index in [0.29, 0.717) is 0 Å². The number of aliphatic hydroxyl groups is 1. The summed E-state index contributed by atoms with van der Waals surface area (Å²) in [6.45, 7) is 11.1. The number of ether oxygens (including phenoxy) is 30. The van der Waals surface area contributed by atoms with Gasteiger partial charge in [0.15, 0.2) is 148 Å². The molecule has 0 radical (unpaired) electrons. The third-order valence-corrected chi connectivity index (χ3v) is 17.6. The number of esters is 19. The predicted octanol–water partition coefficient (Wildman–Crippen LogP) is -3.26. The first-order valence-corrected chi connectivity index (χ1v) is 37.9. The van der Waals surface area contributed by atoms with Crippen molar-refractivity contribution < 1.29 is 238 Å². The van der Waals surface area contributed by atoms with Crippen LogP contribution >= 0.6 is 0 Å². The lowest BCUT2D eigenvalue weighted by Crippen LogP contribution is -2.66. The molecule has 6 heterocycles. The zero-order valence-electron chi connectivity index (χ0n) is 70.5. The molecule has 0 saturated carbocycles. The summed E-state index contributed by atoms with van der Waals surface area (Å²) in [6.07, 6.45) is -59.2. The summed E-state index contributed by atoms with van der Waals surface area (Å²) < 4.78 is 174. The first-order valence-electron chi connectivity index (χ1n) is 37.9. The Labute approximate surface area is 705 Å². The van der Waals surface area contributed by atoms with E-state index in [-0.39, 0.29) is 0 Å². The lowest BCUT2D eigenvalue weighted by Gasteiger charge is -2.48. The Bertz CT molecular complexity index is 3840. The minimum absolute atomic E-state index is 0.740. The maximum atomic E-state index is 13.3. The molecule has 30 atom stereocenters. The molecule has 0 amide bonds. The van der Waals surface area contributed by atoms with Crippen LogP contribution in [0.3, 0.4) is 0 Å². The lowest BCUT2D eigenvalue weighted by molar-refractivity contribution is -0.354. The summed E-state index contributed by atoms with van der Waals surface area (Å²) in [5, 5.41) is 11.2. The maximum Gasteiger partial charge on any atom is 0.303 e. The highest BCUT2D eigenvalue weighted by Crippen LogP contribution is 2.40. The van der Waals surface area contributed by atoms with Crippen LogP contribution < -0.4 is 0 Å². The number of carbonyl (C=O) groups is 19. The third-order valence-electron chi connectivity index (χ3n) is 17.6. The van der Waals surface area contributed by atoms with Gasteiger partial charge >= 0.3 is 113 Å². The topological polar surface area (TPSA) is 621 Å². The minimum Gasteiger partial charge on any atom is -0.463 e. The summed E-state index contributed by atoms with van der Waals surface area (Å²) in [7, 11) is 0. The summed E-state index contributed by atoms with van der Waals surface area (Å²) in [4.78, 5) is 246. The second-order valence-electron chi connectivity index (χ2n) is 28.1. The molecular formula is C74H100O50. The summed E-state index contributed by atoms with van der Waals surface area (Å²) in [5.74, 6) is -20.9. The van der Waals surface area contributed by atoms with Crippen molar-refractivity contribution in [2.45, 2.75) is 316 Å². The van der Waals surface area contributed by atoms with Crippen LogP contribution in [0, 0.1) is 0 Å². The number of rotatable bonds is 35. The standard InChI is InChI=1S/C74H100O50/c1-26(75)95-20-46-52(102-28(3)77)58(108-34(9)83)64(114-40(15)89)71(120-46)97-22-48-54(104-30(5)79)60(110-36(11)85)66(116-42(17)91)73(122-48)99-24-50-56(106-32(7)81)62(112-38(13)87)68(118-44(19)93)74(124-50)100-25-49-55(105-31(6)80)61(111-37(12)86)67(117-43(18)92)72(123-49)98-23-47-53(103-29(4)78)59(109-35(10)84)65(115-41(16)90)70(121-47)96-21-45-51(101-27(2)76)57(107-33(8)82)63(69(94)119-45)113-39(14)88/h45-74,94H,20-25H2,1-19H3/t45-,46-,47-,48-,49-,50-,51-,52-,53-,54-,55-,56-,57+,58+,59+,60+,61+,62+,63-,64-,65-,66-,67-,68-,69-,70-,71-,72-,73-,74-/m1/s1. The van der Waals surface area contributed by atoms with Crippen molar-refractivity contribution in [2.24, 2.45) is 0 Å². The number of aliphatic hydroxyl groups excluding tert-OH is 1. The van der Waals surface area contributed by atoms with Gasteiger partial charge in [0, 0.05) is 132 Å². The van der Waals surface area contributed by atoms with Gasteiger partial charge in [-0.25, -0.2) is 0 Å². The van der Waals surface area contributed by atoms with Crippen LogP contribution in [-0.4, -0.2) is 342 Å². The van der Waals surface area contributed by atoms with Crippen LogP contribution in [0.5, 0.6) is 0 Å². The molecule has 50 heteroatoms. The molecule has 124 heavy (non-hydrogen) atoms. The Morgan fingerprint density at radius 2 is 0.298 bits per heavy atom. The lowest BCUT2D eigenvalue weighted by atomic mass is 9.96. The fourth-order valence-corrected chi connectivity index (χ4v) is 13.8. The first kappa shape index (κ1) is 102. The molecule has 0 aromatic rings. The van der Waals surface area contributed by atoms with Gasteiger partial charge in [0.2, 0.25) is 0 Å². The molecule has 50 nitrogen and oxygen atoms in total. The van der Waals surface area contributed by atoms with E-state index in [4.69, 9.17) is 142 Å². The fraction of sp³-hybridized carbons (Fsp3) is 0.743. The van der Waals surface area contributed by atoms with E-state index in [9.17, 15) is 96.2 Å². The molecular weight excluding hydrogens is 1690 g/mol. The zero-order chi connectivity index (χ0) is 92.7. The normalized spacial score (nSPS) is 33.1. The molecule has 6 aliphatic heterocycles. The average molecular weight is 1790 g/mol. The van der Waals surface area contributed by atoms with Crippen LogP contribution in [0.25, 0.3) is 0 Å². The van der Waals surface area contributed by atoms with Gasteiger partial charge in [-0.1, -0.05) is 0 Å². The first-order chi connectivity index (χ1) is 58.0. The number of hydrogen-bond donors (Lipinski definition) is 1. The van der Waals surface area contributed by atoms with Crippen molar-refractivity contribution in [1.82, 2.24) is 0 Å². The van der Waals surface area contributed by atoms with Gasteiger partial charge in [0.05, 0.1) is 33.0 Å². The molecule has 6 rings (SSSR count). The van der Waals surface area contributed by atoms with Crippen molar-refractivity contribution >= 4 is 113 Å². The number of carbonyl (C=O) groups excluding carboxylic acids is 19. The maximum absolute atomic E-state index is 13.3. The summed E-state index contributed by atoms with van der Waals surface area (Å²) in [5.41, 5.74) is 0. The highest BCUT2D eigenvalue weighted by molar-refractivity contribution is 5.74. The Morgan fingerprint density at radius 3 is 0.460 bits per heavy atom. The molecule has 1 N–H and O–H groups in total. The molecule has 6 fully saturated rings. The van der Waals surface area contributed by atoms with Crippen molar-refractivity contribution in [3.8, 4) is 0 Å². The van der Waals surface area contributed by atoms with Gasteiger partial charge in [0.25, 0.3) is 0 Å². The smallest absolute Gasteiger partial charge is 0.303 e. The fourth-order valence-electron chi connectivity index (χ4n) is 13.8. The van der Waals surface area contributed by atoms with E-state index >= 15 is 0 Å². The molecule has 0 aliphatic carbocycles. The van der Waals surface area contributed by atoms with Crippen molar-refractivity contribution in [3.05, 3.63) is 0 Å². The van der Waals surface area contributed by atoms with E-state index in [1.54, 1.807) is 0 Å². The molecule has 0 aromatic heterocycles. The van der Waals surface area contributed by atoms with Gasteiger partial charge in [0.1, 0.15) is 43.2 Å². The van der Waals surface area contributed by atoms with Crippen LogP contribution in [0.4, 0.5) is 0 Å². The van der Waals surface area contributed by atoms with E-state index in [2.05, 4.69) is 0 Å². The minimum atomic E-state index is -2.23. The summed E-state index contributed by atoms with van der Waals surface area (Å²) in [6, 6.07) is 0. The second kappa shape index (κ2) is 47.0. The predicted molar refractivity (Wildman–Crippen MR) is 381 cm³/mol. The molecule has 696 valence electrons. The van der Waals surface area contributed by atoms with Crippen LogP contribution in [0.1, 0.15) is 132 Å². The van der Waals surface area contributed by atoms with E-state index in [1.165, 1.54) is 0 Å². The zero-order valence-corrected chi connectivity index (χ0v) is 70.5. The Kier molecular flexibility index (Phi) is 38.7. The van der Waals surface area contributed by atoms with E-state index in [1.807, 2.05) is 0 Å². The van der Waals surface area contributed by atoms with Gasteiger partial charge < -0.3 is 147 Å². The summed E-state index contributed by atoms with van der Waals surface area (Å²) >= 11 is 0. The molecule has 6 saturated heterocycles. The molecule has 6 aliphatic rings.